The number of nitrogens with one attached hydrogen (secondary N) is 1. The number of aryl methyl sites for hydroxylation is 1. The molecule has 0 unspecified atom stereocenters. The summed E-state index contributed by atoms with van der Waals surface area (Å²) in [7, 11) is -3.65. The van der Waals surface area contributed by atoms with Crippen LogP contribution in [-0.4, -0.2) is 58.6 Å². The minimum absolute atomic E-state index is 0.0499. The van der Waals surface area contributed by atoms with Crippen LogP contribution in [0.5, 0.6) is 0 Å². The van der Waals surface area contributed by atoms with Gasteiger partial charge in [0.05, 0.1) is 18.1 Å². The lowest BCUT2D eigenvalue weighted by molar-refractivity contribution is 0.0390. The fourth-order valence-electron chi connectivity index (χ4n) is 2.28. The molecule has 1 amide bonds. The van der Waals surface area contributed by atoms with Gasteiger partial charge in [-0.05, 0) is 24.6 Å². The molecule has 0 aliphatic carbocycles. The first-order chi connectivity index (χ1) is 10.4. The van der Waals surface area contributed by atoms with Crippen molar-refractivity contribution in [1.29, 1.82) is 0 Å². The van der Waals surface area contributed by atoms with Crippen LogP contribution in [0.2, 0.25) is 0 Å². The molecule has 122 valence electrons. The third kappa shape index (κ3) is 4.26. The van der Waals surface area contributed by atoms with Crippen molar-refractivity contribution < 1.29 is 17.9 Å². The summed E-state index contributed by atoms with van der Waals surface area (Å²) in [6.07, 6.45) is 0. The molecular weight excluding hydrogens is 306 g/mol. The third-order valence-corrected chi connectivity index (χ3v) is 5.07. The number of nitrogens with two attached hydrogens (primary N) is 1. The molecule has 0 saturated carbocycles. The van der Waals surface area contributed by atoms with E-state index in [0.29, 0.717) is 31.9 Å². The van der Waals surface area contributed by atoms with E-state index in [2.05, 4.69) is 9.62 Å². The van der Waals surface area contributed by atoms with Gasteiger partial charge in [-0.2, -0.15) is 0 Å². The molecule has 1 aromatic rings. The second-order valence-corrected chi connectivity index (χ2v) is 6.96. The lowest BCUT2D eigenvalue weighted by Crippen LogP contribution is -2.41. The number of sulfonamides is 1. The summed E-state index contributed by atoms with van der Waals surface area (Å²) in [5.74, 6) is -0.636. The number of morpholine rings is 1. The standard InChI is InChI=1S/C14H21N3O4S/c1-11-2-3-12(10-13(11)14(15)18)22(19,20)16-4-5-17-6-8-21-9-7-17/h2-3,10,16H,4-9H2,1H3,(H2,15,18). The molecule has 1 aromatic carbocycles. The lowest BCUT2D eigenvalue weighted by Gasteiger charge is -2.26. The second-order valence-electron chi connectivity index (χ2n) is 5.19. The Kier molecular flexibility index (Phi) is 5.52. The number of hydrogen-bond acceptors (Lipinski definition) is 5. The molecule has 8 heteroatoms. The van der Waals surface area contributed by atoms with Crippen molar-refractivity contribution in [2.24, 2.45) is 5.73 Å². The Morgan fingerprint density at radius 3 is 2.68 bits per heavy atom. The summed E-state index contributed by atoms with van der Waals surface area (Å²) in [5, 5.41) is 0. The maximum Gasteiger partial charge on any atom is 0.249 e. The van der Waals surface area contributed by atoms with Crippen molar-refractivity contribution in [2.75, 3.05) is 39.4 Å². The Hall–Kier alpha value is -1.48. The number of rotatable bonds is 6. The van der Waals surface area contributed by atoms with Crippen LogP contribution < -0.4 is 10.5 Å². The van der Waals surface area contributed by atoms with Crippen LogP contribution in [0.1, 0.15) is 15.9 Å². The zero-order chi connectivity index (χ0) is 16.2. The summed E-state index contributed by atoms with van der Waals surface area (Å²) >= 11 is 0. The van der Waals surface area contributed by atoms with Gasteiger partial charge >= 0.3 is 0 Å². The maximum absolute atomic E-state index is 12.3. The van der Waals surface area contributed by atoms with Gasteiger partial charge in [0.25, 0.3) is 0 Å². The van der Waals surface area contributed by atoms with Gasteiger partial charge in [-0.1, -0.05) is 6.07 Å². The lowest BCUT2D eigenvalue weighted by atomic mass is 10.1. The molecule has 2 rings (SSSR count). The number of ether oxygens (including phenoxy) is 1. The van der Waals surface area contributed by atoms with Gasteiger partial charge in [-0.25, -0.2) is 13.1 Å². The molecule has 0 radical (unpaired) electrons. The van der Waals surface area contributed by atoms with E-state index in [1.165, 1.54) is 12.1 Å². The fourth-order valence-corrected chi connectivity index (χ4v) is 3.33. The van der Waals surface area contributed by atoms with Crippen LogP contribution in [0.4, 0.5) is 0 Å². The van der Waals surface area contributed by atoms with Gasteiger partial charge in [0.1, 0.15) is 0 Å². The number of carbonyl (C=O) groups is 1. The van der Waals surface area contributed by atoms with E-state index in [4.69, 9.17) is 10.5 Å². The zero-order valence-electron chi connectivity index (χ0n) is 12.5. The summed E-state index contributed by atoms with van der Waals surface area (Å²) in [6.45, 7) is 5.59. The van der Waals surface area contributed by atoms with Crippen molar-refractivity contribution >= 4 is 15.9 Å². The molecule has 1 heterocycles. The topological polar surface area (TPSA) is 102 Å². The molecule has 22 heavy (non-hydrogen) atoms. The van der Waals surface area contributed by atoms with E-state index in [-0.39, 0.29) is 10.5 Å². The smallest absolute Gasteiger partial charge is 0.249 e. The summed E-state index contributed by atoms with van der Waals surface area (Å²) in [6, 6.07) is 4.37. The first kappa shape index (κ1) is 16.9. The molecule has 1 saturated heterocycles. The van der Waals surface area contributed by atoms with Gasteiger partial charge in [-0.15, -0.1) is 0 Å². The fraction of sp³-hybridized carbons (Fsp3) is 0.500. The van der Waals surface area contributed by atoms with Crippen molar-refractivity contribution in [3.05, 3.63) is 29.3 Å². The molecule has 0 bridgehead atoms. The van der Waals surface area contributed by atoms with Crippen molar-refractivity contribution in [1.82, 2.24) is 9.62 Å². The summed E-state index contributed by atoms with van der Waals surface area (Å²) in [4.78, 5) is 13.5. The zero-order valence-corrected chi connectivity index (χ0v) is 13.4. The average molecular weight is 327 g/mol. The number of amides is 1. The largest absolute Gasteiger partial charge is 0.379 e. The quantitative estimate of drug-likeness (QED) is 0.747. The number of nitrogens with zero attached hydrogens (tertiary/aromatic N) is 1. The average Bonchev–Trinajstić information content (AvgIpc) is 2.48. The van der Waals surface area contributed by atoms with Crippen LogP contribution >= 0.6 is 0 Å². The number of hydrogen-bond donors (Lipinski definition) is 2. The van der Waals surface area contributed by atoms with Crippen molar-refractivity contribution in [3.8, 4) is 0 Å². The first-order valence-electron chi connectivity index (χ1n) is 7.10. The summed E-state index contributed by atoms with van der Waals surface area (Å²) < 4.78 is 32.3. The number of carbonyl (C=O) groups excluding carboxylic acids is 1. The molecule has 1 aliphatic heterocycles. The second kappa shape index (κ2) is 7.19. The predicted molar refractivity (Wildman–Crippen MR) is 82.1 cm³/mol. The Labute approximate surface area is 130 Å². The van der Waals surface area contributed by atoms with Gasteiger partial charge in [-0.3, -0.25) is 9.69 Å². The normalized spacial score (nSPS) is 16.6. The van der Waals surface area contributed by atoms with Crippen LogP contribution in [0, 0.1) is 6.92 Å². The van der Waals surface area contributed by atoms with E-state index in [1.807, 2.05) is 0 Å². The highest BCUT2D eigenvalue weighted by Crippen LogP contribution is 2.15. The van der Waals surface area contributed by atoms with Gasteiger partial charge < -0.3 is 10.5 Å². The monoisotopic (exact) mass is 327 g/mol. The Morgan fingerprint density at radius 2 is 2.05 bits per heavy atom. The molecule has 0 aromatic heterocycles. The predicted octanol–water partition coefficient (Wildman–Crippen LogP) is -0.296. The highest BCUT2D eigenvalue weighted by atomic mass is 32.2. The van der Waals surface area contributed by atoms with E-state index in [9.17, 15) is 13.2 Å². The van der Waals surface area contributed by atoms with Gasteiger partial charge in [0.15, 0.2) is 0 Å². The van der Waals surface area contributed by atoms with Crippen LogP contribution in [0.15, 0.2) is 23.1 Å². The third-order valence-electron chi connectivity index (χ3n) is 3.61. The van der Waals surface area contributed by atoms with E-state index in [1.54, 1.807) is 13.0 Å². The SMILES string of the molecule is Cc1ccc(S(=O)(=O)NCCN2CCOCC2)cc1C(N)=O. The molecule has 3 N–H and O–H groups in total. The van der Waals surface area contributed by atoms with E-state index >= 15 is 0 Å². The summed E-state index contributed by atoms with van der Waals surface area (Å²) in [5.41, 5.74) is 6.12. The molecule has 7 nitrogen and oxygen atoms in total. The first-order valence-corrected chi connectivity index (χ1v) is 8.59. The Balaban J connectivity index is 2.00. The number of primary amides is 1. The van der Waals surface area contributed by atoms with Crippen LogP contribution in [-0.2, 0) is 14.8 Å². The van der Waals surface area contributed by atoms with E-state index < -0.39 is 15.9 Å². The van der Waals surface area contributed by atoms with Crippen LogP contribution in [0.25, 0.3) is 0 Å². The van der Waals surface area contributed by atoms with Gasteiger partial charge in [0, 0.05) is 31.7 Å². The van der Waals surface area contributed by atoms with E-state index in [0.717, 1.165) is 13.1 Å². The minimum Gasteiger partial charge on any atom is -0.379 e. The minimum atomic E-state index is -3.65. The molecular formula is C14H21N3O4S. The highest BCUT2D eigenvalue weighted by Gasteiger charge is 2.17. The molecule has 0 atom stereocenters. The maximum atomic E-state index is 12.3. The Morgan fingerprint density at radius 1 is 1.36 bits per heavy atom. The number of benzene rings is 1. The van der Waals surface area contributed by atoms with Crippen molar-refractivity contribution in [2.45, 2.75) is 11.8 Å². The molecule has 1 fully saturated rings. The van der Waals surface area contributed by atoms with Crippen LogP contribution in [0.3, 0.4) is 0 Å². The molecule has 1 aliphatic rings. The van der Waals surface area contributed by atoms with Crippen molar-refractivity contribution in [3.63, 3.8) is 0 Å². The highest BCUT2D eigenvalue weighted by molar-refractivity contribution is 7.89. The molecule has 0 spiro atoms. The Bertz CT molecular complexity index is 639. The van der Waals surface area contributed by atoms with Gasteiger partial charge in [0.2, 0.25) is 15.9 Å².